The van der Waals surface area contributed by atoms with Gasteiger partial charge in [0, 0.05) is 44.0 Å². The van der Waals surface area contributed by atoms with Crippen LogP contribution in [-0.4, -0.2) is 53.9 Å². The molecule has 0 N–H and O–H groups in total. The molecule has 1 aliphatic heterocycles. The van der Waals surface area contributed by atoms with Crippen molar-refractivity contribution in [1.82, 2.24) is 29.5 Å². The second-order valence-electron chi connectivity index (χ2n) is 11.0. The first-order chi connectivity index (χ1) is 21.5. The minimum Gasteiger partial charge on any atom is -0.336 e. The first-order valence-corrected chi connectivity index (χ1v) is 14.8. The number of hydrogen-bond donors (Lipinski definition) is 0. The number of carbonyl (C=O) groups excluding carboxylic acids is 2. The van der Waals surface area contributed by atoms with E-state index in [9.17, 15) is 9.59 Å². The Hall–Kier alpha value is -5.37. The van der Waals surface area contributed by atoms with Gasteiger partial charge in [-0.1, -0.05) is 72.8 Å². The number of aromatic nitrogens is 4. The lowest BCUT2D eigenvalue weighted by Gasteiger charge is -2.37. The molecule has 1 atom stereocenters. The third-order valence-electron chi connectivity index (χ3n) is 7.98. The molecule has 220 valence electrons. The van der Waals surface area contributed by atoms with Gasteiger partial charge in [-0.3, -0.25) is 14.6 Å². The highest BCUT2D eigenvalue weighted by atomic mass is 16.2. The Bertz CT molecular complexity index is 1730. The molecule has 0 fully saturated rings. The lowest BCUT2D eigenvalue weighted by molar-refractivity contribution is -0.144. The number of nitrogens with zero attached hydrogens (tertiary/aromatic N) is 6. The Morgan fingerprint density at radius 2 is 1.68 bits per heavy atom. The number of carbonyl (C=O) groups is 2. The fraction of sp³-hybridized carbons (Fsp3) is 0.194. The van der Waals surface area contributed by atoms with E-state index in [0.29, 0.717) is 19.5 Å². The number of benzene rings is 3. The first kappa shape index (κ1) is 28.7. The Morgan fingerprint density at radius 1 is 0.909 bits per heavy atom. The SMILES string of the molecule is Cc1ccc(C=CC(=O)N(Cc2ccc(-n3cncn3)cc2)[C@@H](Cc2ccccc2)C(=O)N2CCc3ccccc3C2)cn1. The van der Waals surface area contributed by atoms with Crippen LogP contribution in [0.5, 0.6) is 0 Å². The van der Waals surface area contributed by atoms with Crippen LogP contribution in [0.15, 0.2) is 116 Å². The molecular formula is C36H34N6O2. The van der Waals surface area contributed by atoms with E-state index in [1.165, 1.54) is 11.9 Å². The highest BCUT2D eigenvalue weighted by Gasteiger charge is 2.34. The molecule has 0 bridgehead atoms. The number of rotatable bonds is 9. The highest BCUT2D eigenvalue weighted by Crippen LogP contribution is 2.23. The normalized spacial score (nSPS) is 13.4. The van der Waals surface area contributed by atoms with E-state index in [4.69, 9.17) is 0 Å². The molecule has 0 spiro atoms. The summed E-state index contributed by atoms with van der Waals surface area (Å²) in [5, 5.41) is 4.21. The van der Waals surface area contributed by atoms with Crippen molar-refractivity contribution in [3.8, 4) is 5.69 Å². The van der Waals surface area contributed by atoms with E-state index in [-0.39, 0.29) is 18.4 Å². The molecule has 8 heteroatoms. The third kappa shape index (κ3) is 6.81. The maximum absolute atomic E-state index is 14.4. The summed E-state index contributed by atoms with van der Waals surface area (Å²) < 4.78 is 1.68. The molecule has 0 radical (unpaired) electrons. The summed E-state index contributed by atoms with van der Waals surface area (Å²) in [6.07, 6.45) is 9.37. The quantitative estimate of drug-likeness (QED) is 0.223. The Balaban J connectivity index is 1.34. The van der Waals surface area contributed by atoms with E-state index in [1.54, 1.807) is 34.3 Å². The highest BCUT2D eigenvalue weighted by molar-refractivity contribution is 5.95. The van der Waals surface area contributed by atoms with Crippen molar-refractivity contribution in [3.05, 3.63) is 149 Å². The van der Waals surface area contributed by atoms with Crippen LogP contribution in [0.4, 0.5) is 0 Å². The second kappa shape index (κ2) is 13.3. The van der Waals surface area contributed by atoms with Crippen LogP contribution in [0.1, 0.15) is 33.5 Å². The number of pyridine rings is 1. The van der Waals surface area contributed by atoms with Crippen LogP contribution in [0.2, 0.25) is 0 Å². The van der Waals surface area contributed by atoms with Crippen molar-refractivity contribution in [2.75, 3.05) is 6.54 Å². The number of fused-ring (bicyclic) bond motifs is 1. The summed E-state index contributed by atoms with van der Waals surface area (Å²) in [4.78, 5) is 40.5. The minimum absolute atomic E-state index is 0.0543. The summed E-state index contributed by atoms with van der Waals surface area (Å²) >= 11 is 0. The summed E-state index contributed by atoms with van der Waals surface area (Å²) in [7, 11) is 0. The molecule has 0 aliphatic carbocycles. The van der Waals surface area contributed by atoms with Gasteiger partial charge in [0.25, 0.3) is 0 Å². The van der Waals surface area contributed by atoms with Gasteiger partial charge in [-0.2, -0.15) is 5.10 Å². The average molecular weight is 583 g/mol. The van der Waals surface area contributed by atoms with Gasteiger partial charge in [0.15, 0.2) is 0 Å². The lowest BCUT2D eigenvalue weighted by Crippen LogP contribution is -2.52. The molecule has 5 aromatic rings. The Kier molecular flexibility index (Phi) is 8.68. The van der Waals surface area contributed by atoms with Crippen molar-refractivity contribution in [2.24, 2.45) is 0 Å². The first-order valence-electron chi connectivity index (χ1n) is 14.8. The number of aryl methyl sites for hydroxylation is 1. The van der Waals surface area contributed by atoms with E-state index in [2.05, 4.69) is 27.2 Å². The largest absolute Gasteiger partial charge is 0.336 e. The molecule has 8 nitrogen and oxygen atoms in total. The minimum atomic E-state index is -0.703. The molecule has 3 heterocycles. The smallest absolute Gasteiger partial charge is 0.247 e. The summed E-state index contributed by atoms with van der Waals surface area (Å²) in [5.74, 6) is -0.293. The average Bonchev–Trinajstić information content (AvgIpc) is 3.61. The fourth-order valence-electron chi connectivity index (χ4n) is 5.54. The van der Waals surface area contributed by atoms with E-state index in [1.807, 2.05) is 90.7 Å². The summed E-state index contributed by atoms with van der Waals surface area (Å²) in [6, 6.07) is 29.1. The maximum Gasteiger partial charge on any atom is 0.247 e. The predicted molar refractivity (Wildman–Crippen MR) is 169 cm³/mol. The molecule has 2 aromatic heterocycles. The second-order valence-corrected chi connectivity index (χ2v) is 11.0. The maximum atomic E-state index is 14.4. The van der Waals surface area contributed by atoms with Crippen molar-refractivity contribution >= 4 is 17.9 Å². The third-order valence-corrected chi connectivity index (χ3v) is 7.98. The van der Waals surface area contributed by atoms with E-state index in [0.717, 1.165) is 40.1 Å². The monoisotopic (exact) mass is 582 g/mol. The molecule has 1 aliphatic rings. The zero-order valence-electron chi connectivity index (χ0n) is 24.7. The zero-order valence-corrected chi connectivity index (χ0v) is 24.7. The Morgan fingerprint density at radius 3 is 2.41 bits per heavy atom. The predicted octanol–water partition coefficient (Wildman–Crippen LogP) is 5.21. The van der Waals surface area contributed by atoms with Gasteiger partial charge < -0.3 is 9.80 Å². The van der Waals surface area contributed by atoms with Gasteiger partial charge in [-0.05, 0) is 65.4 Å². The van der Waals surface area contributed by atoms with Crippen LogP contribution >= 0.6 is 0 Å². The van der Waals surface area contributed by atoms with Gasteiger partial charge in [0.05, 0.1) is 5.69 Å². The van der Waals surface area contributed by atoms with Gasteiger partial charge in [-0.25, -0.2) is 9.67 Å². The zero-order chi connectivity index (χ0) is 30.3. The molecule has 44 heavy (non-hydrogen) atoms. The summed E-state index contributed by atoms with van der Waals surface area (Å²) in [5.41, 5.74) is 6.90. The number of hydrogen-bond acceptors (Lipinski definition) is 5. The van der Waals surface area contributed by atoms with Crippen LogP contribution < -0.4 is 0 Å². The molecule has 0 saturated heterocycles. The van der Waals surface area contributed by atoms with E-state index < -0.39 is 6.04 Å². The van der Waals surface area contributed by atoms with Gasteiger partial charge in [0.1, 0.15) is 18.7 Å². The van der Waals surface area contributed by atoms with E-state index >= 15 is 0 Å². The van der Waals surface area contributed by atoms with Crippen LogP contribution in [0, 0.1) is 6.92 Å². The van der Waals surface area contributed by atoms with Crippen molar-refractivity contribution in [1.29, 1.82) is 0 Å². The van der Waals surface area contributed by atoms with Crippen LogP contribution in [-0.2, 0) is 35.5 Å². The van der Waals surface area contributed by atoms with Crippen LogP contribution in [0.25, 0.3) is 11.8 Å². The Labute approximate surface area is 257 Å². The molecule has 3 aromatic carbocycles. The van der Waals surface area contributed by atoms with Crippen LogP contribution in [0.3, 0.4) is 0 Å². The molecule has 2 amide bonds. The summed E-state index contributed by atoms with van der Waals surface area (Å²) in [6.45, 7) is 3.33. The van der Waals surface area contributed by atoms with Gasteiger partial charge in [0.2, 0.25) is 11.8 Å². The fourth-order valence-corrected chi connectivity index (χ4v) is 5.54. The lowest BCUT2D eigenvalue weighted by atomic mass is 9.97. The van der Waals surface area contributed by atoms with Crippen molar-refractivity contribution in [2.45, 2.75) is 38.9 Å². The van der Waals surface area contributed by atoms with Crippen molar-refractivity contribution < 1.29 is 9.59 Å². The topological polar surface area (TPSA) is 84.2 Å². The molecular weight excluding hydrogens is 548 g/mol. The standard InChI is InChI=1S/C36H34N6O2/c1-27-11-12-29(22-38-27)15-18-35(43)41(23-30-13-16-33(17-14-30)42-26-37-25-39-42)34(21-28-7-3-2-4-8-28)36(44)40-20-19-31-9-5-6-10-32(31)24-40/h2-18,22,25-26,34H,19-21,23-24H2,1H3/t34-/m0/s1. The van der Waals surface area contributed by atoms with Gasteiger partial charge in [-0.15, -0.1) is 0 Å². The number of amides is 2. The molecule has 6 rings (SSSR count). The molecule has 0 saturated carbocycles. The molecule has 0 unspecified atom stereocenters. The van der Waals surface area contributed by atoms with Crippen molar-refractivity contribution in [3.63, 3.8) is 0 Å². The van der Waals surface area contributed by atoms with Gasteiger partial charge >= 0.3 is 0 Å².